The Hall–Kier alpha value is -2.03. The quantitative estimate of drug-likeness (QED) is 0.728. The molecule has 1 heterocycles. The maximum Gasteiger partial charge on any atom is 0.446 e. The largest absolute Gasteiger partial charge is 0.446 e. The molecule has 1 saturated heterocycles. The third kappa shape index (κ3) is 6.25. The van der Waals surface area contributed by atoms with Gasteiger partial charge in [0.1, 0.15) is 0 Å². The summed E-state index contributed by atoms with van der Waals surface area (Å²) in [6.07, 6.45) is 0. The van der Waals surface area contributed by atoms with Crippen molar-refractivity contribution in [3.8, 4) is 0 Å². The maximum atomic E-state index is 12.7. The molecular weight excluding hydrogens is 389 g/mol. The highest BCUT2D eigenvalue weighted by molar-refractivity contribution is 8.00. The molecule has 8 heteroatoms. The number of rotatable bonds is 6. The summed E-state index contributed by atoms with van der Waals surface area (Å²) in [6.45, 7) is 3.55. The van der Waals surface area contributed by atoms with E-state index in [1.807, 2.05) is 30.3 Å². The van der Waals surface area contributed by atoms with Crippen molar-refractivity contribution >= 4 is 17.7 Å². The van der Waals surface area contributed by atoms with Gasteiger partial charge < -0.3 is 10.1 Å². The molecule has 0 aromatic heterocycles. The van der Waals surface area contributed by atoms with E-state index in [2.05, 4.69) is 10.2 Å². The van der Waals surface area contributed by atoms with E-state index in [1.165, 1.54) is 24.3 Å². The van der Waals surface area contributed by atoms with Crippen LogP contribution in [0, 0.1) is 0 Å². The van der Waals surface area contributed by atoms with E-state index in [9.17, 15) is 18.0 Å². The summed E-state index contributed by atoms with van der Waals surface area (Å²) in [6, 6.07) is 14.9. The number of hydrogen-bond acceptors (Lipinski definition) is 4. The van der Waals surface area contributed by atoms with E-state index in [4.69, 9.17) is 4.74 Å². The first-order valence-electron chi connectivity index (χ1n) is 8.92. The van der Waals surface area contributed by atoms with Crippen LogP contribution in [0.1, 0.15) is 22.0 Å². The van der Waals surface area contributed by atoms with Crippen LogP contribution in [-0.2, 0) is 4.74 Å². The lowest BCUT2D eigenvalue weighted by atomic mass is 10.1. The summed E-state index contributed by atoms with van der Waals surface area (Å²) >= 11 is -0.195. The average molecular weight is 410 g/mol. The molecule has 150 valence electrons. The molecule has 1 amide bonds. The van der Waals surface area contributed by atoms with Crippen molar-refractivity contribution in [1.82, 2.24) is 10.2 Å². The fourth-order valence-electron chi connectivity index (χ4n) is 3.01. The van der Waals surface area contributed by atoms with Gasteiger partial charge in [-0.1, -0.05) is 30.3 Å². The Morgan fingerprint density at radius 1 is 1.07 bits per heavy atom. The second kappa shape index (κ2) is 9.45. The van der Waals surface area contributed by atoms with Gasteiger partial charge in [-0.25, -0.2) is 0 Å². The van der Waals surface area contributed by atoms with Crippen LogP contribution in [0.15, 0.2) is 59.5 Å². The smallest absolute Gasteiger partial charge is 0.379 e. The summed E-state index contributed by atoms with van der Waals surface area (Å²) < 4.78 is 42.7. The van der Waals surface area contributed by atoms with Crippen LogP contribution in [0.2, 0.25) is 0 Å². The Kier molecular flexibility index (Phi) is 6.98. The van der Waals surface area contributed by atoms with E-state index in [1.54, 1.807) is 0 Å². The molecule has 1 atom stereocenters. The summed E-state index contributed by atoms with van der Waals surface area (Å²) in [5.41, 5.74) is -3.04. The first-order chi connectivity index (χ1) is 13.4. The van der Waals surface area contributed by atoms with Gasteiger partial charge in [0.2, 0.25) is 0 Å². The number of nitrogens with zero attached hydrogens (tertiary/aromatic N) is 1. The number of amides is 1. The SMILES string of the molecule is O=C(NC(CN1CCOCC1)c1ccccc1)c1ccc(SC(F)(F)F)cc1. The summed E-state index contributed by atoms with van der Waals surface area (Å²) in [4.78, 5) is 15.0. The van der Waals surface area contributed by atoms with Crippen molar-refractivity contribution in [3.05, 3.63) is 65.7 Å². The highest BCUT2D eigenvalue weighted by Crippen LogP contribution is 2.36. The fraction of sp³-hybridized carbons (Fsp3) is 0.350. The van der Waals surface area contributed by atoms with E-state index in [0.717, 1.165) is 18.7 Å². The zero-order valence-corrected chi connectivity index (χ0v) is 15.9. The number of ether oxygens (including phenoxy) is 1. The molecule has 1 aliphatic rings. The van der Waals surface area contributed by atoms with E-state index >= 15 is 0 Å². The molecule has 3 rings (SSSR count). The van der Waals surface area contributed by atoms with Crippen LogP contribution >= 0.6 is 11.8 Å². The maximum absolute atomic E-state index is 12.7. The number of halogens is 3. The van der Waals surface area contributed by atoms with E-state index < -0.39 is 5.51 Å². The normalized spacial score (nSPS) is 16.5. The van der Waals surface area contributed by atoms with Gasteiger partial charge in [-0.05, 0) is 41.6 Å². The predicted molar refractivity (Wildman–Crippen MR) is 102 cm³/mol. The molecule has 1 fully saturated rings. The molecule has 0 saturated carbocycles. The fourth-order valence-corrected chi connectivity index (χ4v) is 3.55. The summed E-state index contributed by atoms with van der Waals surface area (Å²) in [7, 11) is 0. The highest BCUT2D eigenvalue weighted by atomic mass is 32.2. The number of hydrogen-bond donors (Lipinski definition) is 1. The van der Waals surface area contributed by atoms with Crippen LogP contribution in [0.5, 0.6) is 0 Å². The third-order valence-electron chi connectivity index (χ3n) is 4.40. The lowest BCUT2D eigenvalue weighted by Gasteiger charge is -2.31. The second-order valence-corrected chi connectivity index (χ2v) is 7.56. The Labute approximate surface area is 166 Å². The zero-order chi connectivity index (χ0) is 20.0. The Balaban J connectivity index is 1.69. The van der Waals surface area contributed by atoms with Gasteiger partial charge >= 0.3 is 5.51 Å². The van der Waals surface area contributed by atoms with Gasteiger partial charge in [0, 0.05) is 30.1 Å². The first kappa shape index (κ1) is 20.7. The standard InChI is InChI=1S/C20H21F3N2O2S/c21-20(22,23)28-17-8-6-16(7-9-17)19(26)24-18(15-4-2-1-3-5-15)14-25-10-12-27-13-11-25/h1-9,18H,10-14H2,(H,24,26). The van der Waals surface area contributed by atoms with Crippen LogP contribution in [0.25, 0.3) is 0 Å². The lowest BCUT2D eigenvalue weighted by molar-refractivity contribution is -0.0328. The molecule has 1 unspecified atom stereocenters. The van der Waals surface area contributed by atoms with Crippen molar-refractivity contribution in [2.75, 3.05) is 32.8 Å². The van der Waals surface area contributed by atoms with Crippen LogP contribution in [0.3, 0.4) is 0 Å². The molecule has 28 heavy (non-hydrogen) atoms. The number of morpholine rings is 1. The second-order valence-electron chi connectivity index (χ2n) is 6.42. The Morgan fingerprint density at radius 2 is 1.71 bits per heavy atom. The molecule has 0 aliphatic carbocycles. The summed E-state index contributed by atoms with van der Waals surface area (Å²) in [5, 5.41) is 3.01. The summed E-state index contributed by atoms with van der Waals surface area (Å²) in [5.74, 6) is -0.314. The number of nitrogens with one attached hydrogen (secondary N) is 1. The Bertz CT molecular complexity index is 763. The zero-order valence-electron chi connectivity index (χ0n) is 15.1. The minimum Gasteiger partial charge on any atom is -0.379 e. The van der Waals surface area contributed by atoms with Crippen molar-refractivity contribution in [2.45, 2.75) is 16.4 Å². The van der Waals surface area contributed by atoms with Gasteiger partial charge in [-0.15, -0.1) is 0 Å². The minimum atomic E-state index is -4.35. The van der Waals surface area contributed by atoms with Crippen molar-refractivity contribution in [3.63, 3.8) is 0 Å². The van der Waals surface area contributed by atoms with Crippen molar-refractivity contribution in [1.29, 1.82) is 0 Å². The molecular formula is C20H21F3N2O2S. The number of benzene rings is 2. The van der Waals surface area contributed by atoms with Crippen LogP contribution in [-0.4, -0.2) is 49.2 Å². The third-order valence-corrected chi connectivity index (χ3v) is 5.14. The first-order valence-corrected chi connectivity index (χ1v) is 9.74. The molecule has 1 aliphatic heterocycles. The number of thioether (sulfide) groups is 1. The van der Waals surface area contributed by atoms with Crippen LogP contribution < -0.4 is 5.32 Å². The van der Waals surface area contributed by atoms with E-state index in [-0.39, 0.29) is 28.6 Å². The van der Waals surface area contributed by atoms with Gasteiger partial charge in [0.25, 0.3) is 5.91 Å². The monoisotopic (exact) mass is 410 g/mol. The van der Waals surface area contributed by atoms with E-state index in [0.29, 0.717) is 25.3 Å². The molecule has 2 aromatic rings. The molecule has 4 nitrogen and oxygen atoms in total. The number of carbonyl (C=O) groups excluding carboxylic acids is 1. The van der Waals surface area contributed by atoms with Gasteiger partial charge in [0.05, 0.1) is 19.3 Å². The Morgan fingerprint density at radius 3 is 2.32 bits per heavy atom. The molecule has 2 aromatic carbocycles. The molecule has 0 spiro atoms. The van der Waals surface area contributed by atoms with Gasteiger partial charge in [-0.2, -0.15) is 13.2 Å². The van der Waals surface area contributed by atoms with Gasteiger partial charge in [-0.3, -0.25) is 9.69 Å². The van der Waals surface area contributed by atoms with Crippen molar-refractivity contribution < 1.29 is 22.7 Å². The highest BCUT2D eigenvalue weighted by Gasteiger charge is 2.29. The number of alkyl halides is 3. The average Bonchev–Trinajstić information content (AvgIpc) is 2.68. The predicted octanol–water partition coefficient (Wildman–Crippen LogP) is 4.10. The minimum absolute atomic E-state index is 0.0528. The topological polar surface area (TPSA) is 41.6 Å². The molecule has 0 bridgehead atoms. The lowest BCUT2D eigenvalue weighted by Crippen LogP contribution is -2.43. The van der Waals surface area contributed by atoms with Crippen molar-refractivity contribution in [2.24, 2.45) is 0 Å². The molecule has 0 radical (unpaired) electrons. The van der Waals surface area contributed by atoms with Gasteiger partial charge in [0.15, 0.2) is 0 Å². The number of carbonyl (C=O) groups is 1. The molecule has 1 N–H and O–H groups in total. The van der Waals surface area contributed by atoms with Crippen LogP contribution in [0.4, 0.5) is 13.2 Å².